The monoisotopic (exact) mass is 170 g/mol. The van der Waals surface area contributed by atoms with Crippen LogP contribution in [-0.2, 0) is 0 Å². The van der Waals surface area contributed by atoms with Crippen LogP contribution in [0.1, 0.15) is 32.6 Å². The second kappa shape index (κ2) is 3.78. The van der Waals surface area contributed by atoms with Crippen molar-refractivity contribution in [3.05, 3.63) is 0 Å². The number of carbonyl (C=O) groups is 1. The molecule has 0 bridgehead atoms. The van der Waals surface area contributed by atoms with Gasteiger partial charge < -0.3 is 10.6 Å². The molecule has 0 aromatic rings. The number of hydrogen-bond acceptors (Lipinski definition) is 1. The number of hydrogen-bond donors (Lipinski definition) is 2. The SMILES string of the molecule is CCCC1(CNC(=O)NC)CC1. The first-order valence-electron chi connectivity index (χ1n) is 4.68. The minimum Gasteiger partial charge on any atom is -0.341 e. The van der Waals surface area contributed by atoms with Gasteiger partial charge in [0, 0.05) is 13.6 Å². The molecule has 2 amide bonds. The summed E-state index contributed by atoms with van der Waals surface area (Å²) < 4.78 is 0. The van der Waals surface area contributed by atoms with Gasteiger partial charge in [0.25, 0.3) is 0 Å². The van der Waals surface area contributed by atoms with E-state index < -0.39 is 0 Å². The van der Waals surface area contributed by atoms with Crippen LogP contribution < -0.4 is 10.6 Å². The molecule has 3 nitrogen and oxygen atoms in total. The van der Waals surface area contributed by atoms with E-state index in [0.29, 0.717) is 5.41 Å². The zero-order valence-corrected chi connectivity index (χ0v) is 7.94. The fourth-order valence-electron chi connectivity index (χ4n) is 1.58. The van der Waals surface area contributed by atoms with Crippen LogP contribution in [0.3, 0.4) is 0 Å². The zero-order valence-electron chi connectivity index (χ0n) is 7.94. The van der Waals surface area contributed by atoms with Crippen LogP contribution in [-0.4, -0.2) is 19.6 Å². The Morgan fingerprint density at radius 3 is 2.58 bits per heavy atom. The van der Waals surface area contributed by atoms with Crippen LogP contribution in [0.2, 0.25) is 0 Å². The molecular formula is C9H18N2O. The first-order valence-corrected chi connectivity index (χ1v) is 4.68. The lowest BCUT2D eigenvalue weighted by molar-refractivity contribution is 0.239. The Balaban J connectivity index is 2.17. The molecule has 1 rings (SSSR count). The molecule has 0 aromatic carbocycles. The summed E-state index contributed by atoms with van der Waals surface area (Å²) >= 11 is 0. The molecule has 1 fully saturated rings. The molecule has 0 spiro atoms. The molecule has 3 heteroatoms. The van der Waals surface area contributed by atoms with E-state index in [9.17, 15) is 4.79 Å². The lowest BCUT2D eigenvalue weighted by Crippen LogP contribution is -2.36. The fraction of sp³-hybridized carbons (Fsp3) is 0.889. The Hall–Kier alpha value is -0.730. The summed E-state index contributed by atoms with van der Waals surface area (Å²) in [5, 5.41) is 5.43. The Bertz CT molecular complexity index is 164. The minimum absolute atomic E-state index is 0.0580. The van der Waals surface area contributed by atoms with Crippen molar-refractivity contribution in [1.82, 2.24) is 10.6 Å². The molecule has 0 aromatic heterocycles. The van der Waals surface area contributed by atoms with Crippen molar-refractivity contribution in [2.24, 2.45) is 5.41 Å². The average molecular weight is 170 g/mol. The van der Waals surface area contributed by atoms with Gasteiger partial charge in [0.2, 0.25) is 0 Å². The second-order valence-corrected chi connectivity index (χ2v) is 3.68. The van der Waals surface area contributed by atoms with Gasteiger partial charge in [-0.15, -0.1) is 0 Å². The molecule has 0 atom stereocenters. The van der Waals surface area contributed by atoms with Crippen LogP contribution in [0.4, 0.5) is 4.79 Å². The molecule has 2 N–H and O–H groups in total. The molecule has 12 heavy (non-hydrogen) atoms. The van der Waals surface area contributed by atoms with Gasteiger partial charge in [-0.3, -0.25) is 0 Å². The van der Waals surface area contributed by atoms with E-state index in [0.717, 1.165) is 6.54 Å². The van der Waals surface area contributed by atoms with Crippen molar-refractivity contribution in [1.29, 1.82) is 0 Å². The lowest BCUT2D eigenvalue weighted by Gasteiger charge is -2.14. The third-order valence-electron chi connectivity index (χ3n) is 2.59. The highest BCUT2D eigenvalue weighted by Gasteiger charge is 2.41. The van der Waals surface area contributed by atoms with Crippen LogP contribution in [0.15, 0.2) is 0 Å². The first kappa shape index (κ1) is 9.36. The second-order valence-electron chi connectivity index (χ2n) is 3.68. The average Bonchev–Trinajstić information content (AvgIpc) is 2.82. The highest BCUT2D eigenvalue weighted by atomic mass is 16.2. The lowest BCUT2D eigenvalue weighted by atomic mass is 10.0. The number of urea groups is 1. The third kappa shape index (κ3) is 2.40. The van der Waals surface area contributed by atoms with E-state index in [-0.39, 0.29) is 6.03 Å². The van der Waals surface area contributed by atoms with Crippen molar-refractivity contribution in [2.75, 3.05) is 13.6 Å². The summed E-state index contributed by atoms with van der Waals surface area (Å²) in [6, 6.07) is -0.0580. The fourth-order valence-corrected chi connectivity index (χ4v) is 1.58. The van der Waals surface area contributed by atoms with Gasteiger partial charge in [-0.2, -0.15) is 0 Å². The first-order chi connectivity index (χ1) is 5.72. The van der Waals surface area contributed by atoms with Gasteiger partial charge in [0.1, 0.15) is 0 Å². The quantitative estimate of drug-likeness (QED) is 0.659. The van der Waals surface area contributed by atoms with Crippen molar-refractivity contribution < 1.29 is 4.79 Å². The predicted molar refractivity (Wildman–Crippen MR) is 49.0 cm³/mol. The Morgan fingerprint density at radius 2 is 2.17 bits per heavy atom. The normalized spacial score (nSPS) is 18.5. The highest BCUT2D eigenvalue weighted by molar-refractivity contribution is 5.73. The van der Waals surface area contributed by atoms with Crippen LogP contribution in [0, 0.1) is 5.41 Å². The van der Waals surface area contributed by atoms with E-state index in [4.69, 9.17) is 0 Å². The molecule has 1 aliphatic carbocycles. The molecule has 0 unspecified atom stereocenters. The smallest absolute Gasteiger partial charge is 0.314 e. The van der Waals surface area contributed by atoms with Gasteiger partial charge >= 0.3 is 6.03 Å². The summed E-state index contributed by atoms with van der Waals surface area (Å²) in [6.45, 7) is 3.04. The molecule has 0 radical (unpaired) electrons. The van der Waals surface area contributed by atoms with Crippen molar-refractivity contribution >= 4 is 6.03 Å². The summed E-state index contributed by atoms with van der Waals surface area (Å²) in [5.74, 6) is 0. The summed E-state index contributed by atoms with van der Waals surface area (Å²) in [5.41, 5.74) is 0.460. The van der Waals surface area contributed by atoms with Crippen LogP contribution in [0.25, 0.3) is 0 Å². The van der Waals surface area contributed by atoms with Crippen LogP contribution >= 0.6 is 0 Å². The molecular weight excluding hydrogens is 152 g/mol. The standard InChI is InChI=1S/C9H18N2O/c1-3-4-9(5-6-9)7-11-8(12)10-2/h3-7H2,1-2H3,(H2,10,11,12). The zero-order chi connectivity index (χ0) is 9.03. The largest absolute Gasteiger partial charge is 0.341 e. The van der Waals surface area contributed by atoms with Gasteiger partial charge in [-0.25, -0.2) is 4.79 Å². The van der Waals surface area contributed by atoms with E-state index in [2.05, 4.69) is 17.6 Å². The Kier molecular flexibility index (Phi) is 2.95. The van der Waals surface area contributed by atoms with Gasteiger partial charge in [0.05, 0.1) is 0 Å². The highest BCUT2D eigenvalue weighted by Crippen LogP contribution is 2.48. The van der Waals surface area contributed by atoms with Crippen molar-refractivity contribution in [3.8, 4) is 0 Å². The Morgan fingerprint density at radius 1 is 1.50 bits per heavy atom. The predicted octanol–water partition coefficient (Wildman–Crippen LogP) is 1.50. The molecule has 1 aliphatic rings. The van der Waals surface area contributed by atoms with Crippen molar-refractivity contribution in [2.45, 2.75) is 32.6 Å². The number of amides is 2. The van der Waals surface area contributed by atoms with E-state index in [1.165, 1.54) is 25.7 Å². The molecule has 0 heterocycles. The minimum atomic E-state index is -0.0580. The van der Waals surface area contributed by atoms with Gasteiger partial charge in [-0.05, 0) is 24.7 Å². The van der Waals surface area contributed by atoms with Crippen molar-refractivity contribution in [3.63, 3.8) is 0 Å². The maximum Gasteiger partial charge on any atom is 0.314 e. The van der Waals surface area contributed by atoms with E-state index in [1.807, 2.05) is 0 Å². The topological polar surface area (TPSA) is 41.1 Å². The Labute approximate surface area is 73.9 Å². The summed E-state index contributed by atoms with van der Waals surface area (Å²) in [6.07, 6.45) is 5.03. The number of nitrogens with one attached hydrogen (secondary N) is 2. The van der Waals surface area contributed by atoms with E-state index >= 15 is 0 Å². The summed E-state index contributed by atoms with van der Waals surface area (Å²) in [7, 11) is 1.65. The number of rotatable bonds is 4. The van der Waals surface area contributed by atoms with E-state index in [1.54, 1.807) is 7.05 Å². The summed E-state index contributed by atoms with van der Waals surface area (Å²) in [4.78, 5) is 10.9. The number of carbonyl (C=O) groups excluding carboxylic acids is 1. The van der Waals surface area contributed by atoms with Gasteiger partial charge in [0.15, 0.2) is 0 Å². The molecule has 1 saturated carbocycles. The van der Waals surface area contributed by atoms with Gasteiger partial charge in [-0.1, -0.05) is 13.3 Å². The maximum absolute atomic E-state index is 10.9. The third-order valence-corrected chi connectivity index (χ3v) is 2.59. The molecule has 70 valence electrons. The maximum atomic E-state index is 10.9. The molecule has 0 saturated heterocycles. The molecule has 0 aliphatic heterocycles. The van der Waals surface area contributed by atoms with Crippen LogP contribution in [0.5, 0.6) is 0 Å².